The minimum Gasteiger partial charge on any atom is -0.368 e. The van der Waals surface area contributed by atoms with E-state index in [0.29, 0.717) is 31.2 Å². The molecule has 3 heterocycles. The molecular weight excluding hydrogens is 500 g/mol. The smallest absolute Gasteiger partial charge is 0.263 e. The first-order valence-corrected chi connectivity index (χ1v) is 13.4. The summed E-state index contributed by atoms with van der Waals surface area (Å²) in [5, 5.41) is 1.68. The second kappa shape index (κ2) is 9.79. The van der Waals surface area contributed by atoms with E-state index in [1.807, 2.05) is 46.9 Å². The fraction of sp³-hybridized carbons (Fsp3) is 0.240. The zero-order valence-electron chi connectivity index (χ0n) is 19.6. The second-order valence-corrected chi connectivity index (χ2v) is 10.7. The van der Waals surface area contributed by atoms with Crippen LogP contribution in [0.3, 0.4) is 0 Å². The molecule has 0 unspecified atom stereocenters. The van der Waals surface area contributed by atoms with E-state index in [-0.39, 0.29) is 24.1 Å². The van der Waals surface area contributed by atoms with Crippen molar-refractivity contribution in [1.29, 1.82) is 0 Å². The molecule has 1 aliphatic heterocycles. The van der Waals surface area contributed by atoms with E-state index in [2.05, 4.69) is 19.6 Å². The van der Waals surface area contributed by atoms with E-state index in [4.69, 9.17) is 11.6 Å². The summed E-state index contributed by atoms with van der Waals surface area (Å²) in [6, 6.07) is 15.5. The number of anilines is 2. The molecule has 1 aliphatic rings. The van der Waals surface area contributed by atoms with Gasteiger partial charge in [0.15, 0.2) is 0 Å². The van der Waals surface area contributed by atoms with Crippen molar-refractivity contribution < 1.29 is 14.6 Å². The highest BCUT2D eigenvalue weighted by Gasteiger charge is 2.27. The number of hydrogen-bond donors (Lipinski definition) is 1. The third-order valence-corrected chi connectivity index (χ3v) is 7.99. The van der Waals surface area contributed by atoms with Gasteiger partial charge in [-0.05, 0) is 60.8 Å². The summed E-state index contributed by atoms with van der Waals surface area (Å²) in [6.07, 6.45) is 4.67. The SMILES string of the molecule is C[C@@H](C(=O)N1CCN(c2ccc(S(=O)(=O)Nc3ccncn3)cc2)CC1)n1ccc2ccc(Cl)cc21.[HH]. The van der Waals surface area contributed by atoms with Crippen LogP contribution in [0.5, 0.6) is 0 Å². The van der Waals surface area contributed by atoms with Gasteiger partial charge in [-0.3, -0.25) is 9.52 Å². The molecular formula is C25H27ClN6O3S. The number of benzene rings is 2. The summed E-state index contributed by atoms with van der Waals surface area (Å²) < 4.78 is 29.7. The number of nitrogens with zero attached hydrogens (tertiary/aromatic N) is 5. The summed E-state index contributed by atoms with van der Waals surface area (Å²) in [7, 11) is -3.75. The number of carbonyl (C=O) groups excluding carboxylic acids is 1. The lowest BCUT2D eigenvalue weighted by atomic mass is 10.2. The molecule has 2 aromatic heterocycles. The molecule has 0 aliphatic carbocycles. The summed E-state index contributed by atoms with van der Waals surface area (Å²) in [4.78, 5) is 25.1. The highest BCUT2D eigenvalue weighted by molar-refractivity contribution is 7.92. The Hall–Kier alpha value is -3.63. The first-order chi connectivity index (χ1) is 17.3. The van der Waals surface area contributed by atoms with Crippen LogP contribution in [0, 0.1) is 0 Å². The molecule has 11 heteroatoms. The number of halogens is 1. The predicted molar refractivity (Wildman–Crippen MR) is 142 cm³/mol. The molecule has 0 bridgehead atoms. The molecule has 1 amide bonds. The van der Waals surface area contributed by atoms with E-state index in [1.54, 1.807) is 24.3 Å². The van der Waals surface area contributed by atoms with Gasteiger partial charge >= 0.3 is 0 Å². The van der Waals surface area contributed by atoms with Crippen LogP contribution in [0.4, 0.5) is 11.5 Å². The average Bonchev–Trinajstić information content (AvgIpc) is 3.31. The average molecular weight is 527 g/mol. The van der Waals surface area contributed by atoms with E-state index >= 15 is 0 Å². The maximum absolute atomic E-state index is 13.2. The lowest BCUT2D eigenvalue weighted by molar-refractivity contribution is -0.134. The maximum atomic E-state index is 13.2. The Bertz CT molecular complexity index is 1490. The Kier molecular flexibility index (Phi) is 6.55. The van der Waals surface area contributed by atoms with Gasteiger partial charge in [0.1, 0.15) is 18.2 Å². The predicted octanol–water partition coefficient (Wildman–Crippen LogP) is 4.04. The van der Waals surface area contributed by atoms with E-state index in [9.17, 15) is 13.2 Å². The van der Waals surface area contributed by atoms with Crippen molar-refractivity contribution >= 4 is 49.9 Å². The van der Waals surface area contributed by atoms with Gasteiger partial charge in [0.25, 0.3) is 10.0 Å². The van der Waals surface area contributed by atoms with E-state index < -0.39 is 10.0 Å². The first kappa shape index (κ1) is 24.1. The number of hydrogen-bond acceptors (Lipinski definition) is 6. The Morgan fingerprint density at radius 3 is 2.50 bits per heavy atom. The molecule has 188 valence electrons. The first-order valence-electron chi connectivity index (χ1n) is 11.5. The van der Waals surface area contributed by atoms with Crippen LogP contribution in [0.1, 0.15) is 14.4 Å². The Morgan fingerprint density at radius 2 is 1.81 bits per heavy atom. The van der Waals surface area contributed by atoms with Crippen molar-refractivity contribution in [2.75, 3.05) is 35.8 Å². The van der Waals surface area contributed by atoms with E-state index in [1.165, 1.54) is 18.6 Å². The molecule has 0 spiro atoms. The van der Waals surface area contributed by atoms with Gasteiger partial charge in [-0.2, -0.15) is 0 Å². The molecule has 1 saturated heterocycles. The van der Waals surface area contributed by atoms with Crippen molar-refractivity contribution in [3.05, 3.63) is 78.3 Å². The van der Waals surface area contributed by atoms with Crippen LogP contribution in [-0.2, 0) is 14.8 Å². The molecule has 2 aromatic carbocycles. The van der Waals surface area contributed by atoms with Gasteiger partial charge in [0.2, 0.25) is 5.91 Å². The second-order valence-electron chi connectivity index (χ2n) is 8.61. The molecule has 9 nitrogen and oxygen atoms in total. The molecule has 0 saturated carbocycles. The van der Waals surface area contributed by atoms with Gasteiger partial charge in [-0.1, -0.05) is 17.7 Å². The van der Waals surface area contributed by atoms with Crippen LogP contribution in [0.15, 0.2) is 78.2 Å². The van der Waals surface area contributed by atoms with Gasteiger partial charge in [-0.15, -0.1) is 0 Å². The lowest BCUT2D eigenvalue weighted by Gasteiger charge is -2.37. The monoisotopic (exact) mass is 526 g/mol. The summed E-state index contributed by atoms with van der Waals surface area (Å²) in [5.74, 6) is 0.268. The Labute approximate surface area is 215 Å². The summed E-state index contributed by atoms with van der Waals surface area (Å²) in [5.41, 5.74) is 1.84. The molecule has 1 atom stereocenters. The zero-order chi connectivity index (χ0) is 25.3. The summed E-state index contributed by atoms with van der Waals surface area (Å²) >= 11 is 6.17. The minimum absolute atomic E-state index is 0. The van der Waals surface area contributed by atoms with Crippen LogP contribution in [0.2, 0.25) is 5.02 Å². The number of piperazine rings is 1. The van der Waals surface area contributed by atoms with Crippen LogP contribution in [-0.4, -0.2) is 59.9 Å². The lowest BCUT2D eigenvalue weighted by Crippen LogP contribution is -2.50. The van der Waals surface area contributed by atoms with Crippen molar-refractivity contribution in [1.82, 2.24) is 19.4 Å². The van der Waals surface area contributed by atoms with Crippen molar-refractivity contribution in [3.8, 4) is 0 Å². The van der Waals surface area contributed by atoms with Crippen molar-refractivity contribution in [3.63, 3.8) is 0 Å². The van der Waals surface area contributed by atoms with Gasteiger partial charge in [0, 0.05) is 50.7 Å². The number of rotatable bonds is 6. The number of aromatic nitrogens is 3. The highest BCUT2D eigenvalue weighted by Crippen LogP contribution is 2.26. The van der Waals surface area contributed by atoms with Crippen molar-refractivity contribution in [2.24, 2.45) is 0 Å². The van der Waals surface area contributed by atoms with Crippen molar-refractivity contribution in [2.45, 2.75) is 17.9 Å². The number of sulfonamides is 1. The molecule has 36 heavy (non-hydrogen) atoms. The van der Waals surface area contributed by atoms with Crippen LogP contribution in [0.25, 0.3) is 10.9 Å². The largest absolute Gasteiger partial charge is 0.368 e. The number of amides is 1. The van der Waals surface area contributed by atoms with Gasteiger partial charge in [0.05, 0.1) is 10.4 Å². The molecule has 0 radical (unpaired) electrons. The van der Waals surface area contributed by atoms with E-state index in [0.717, 1.165) is 16.6 Å². The normalized spacial score (nSPS) is 15.2. The third kappa shape index (κ3) is 4.87. The fourth-order valence-electron chi connectivity index (χ4n) is 4.41. The summed E-state index contributed by atoms with van der Waals surface area (Å²) in [6.45, 7) is 4.38. The molecule has 5 rings (SSSR count). The minimum atomic E-state index is -3.75. The quantitative estimate of drug-likeness (QED) is 0.407. The zero-order valence-corrected chi connectivity index (χ0v) is 21.2. The van der Waals surface area contributed by atoms with Crippen LogP contribution >= 0.6 is 11.6 Å². The fourth-order valence-corrected chi connectivity index (χ4v) is 5.59. The number of carbonyl (C=O) groups is 1. The van der Waals surface area contributed by atoms with Gasteiger partial charge < -0.3 is 14.4 Å². The third-order valence-electron chi connectivity index (χ3n) is 6.38. The molecule has 1 N–H and O–H groups in total. The standard InChI is InChI=1S/C25H25ClN6O3S.H2/c1-18(32-11-9-19-2-3-20(26)16-23(19)32)25(33)31-14-12-30(13-15-31)21-4-6-22(7-5-21)36(34,35)29-24-8-10-27-17-28-24;/h2-11,16-18H,12-15H2,1H3,(H,27,28,29);1H/t18-;/m0./s1. The number of nitrogens with one attached hydrogen (secondary N) is 1. The number of fused-ring (bicyclic) bond motifs is 1. The Morgan fingerprint density at radius 1 is 1.06 bits per heavy atom. The Balaban J connectivity index is 0.00000320. The molecule has 1 fully saturated rings. The molecule has 4 aromatic rings. The topological polar surface area (TPSA) is 100 Å². The van der Waals surface area contributed by atoms with Gasteiger partial charge in [-0.25, -0.2) is 18.4 Å². The van der Waals surface area contributed by atoms with Crippen LogP contribution < -0.4 is 9.62 Å². The maximum Gasteiger partial charge on any atom is 0.263 e. The highest BCUT2D eigenvalue weighted by atomic mass is 35.5.